The Morgan fingerprint density at radius 3 is 2.61 bits per heavy atom. The van der Waals surface area contributed by atoms with Gasteiger partial charge in [-0.1, -0.05) is 42.0 Å². The Bertz CT molecular complexity index is 556. The van der Waals surface area contributed by atoms with Crippen molar-refractivity contribution < 1.29 is 8.42 Å². The number of hydrogen-bond donors (Lipinski definition) is 2. The average molecular weight is 351 g/mol. The van der Waals surface area contributed by atoms with Crippen molar-refractivity contribution in [3.8, 4) is 0 Å². The molecule has 7 heteroatoms. The summed E-state index contributed by atoms with van der Waals surface area (Å²) < 4.78 is 27.0. The molecule has 0 spiro atoms. The molecule has 0 radical (unpaired) electrons. The molecule has 0 amide bonds. The summed E-state index contributed by atoms with van der Waals surface area (Å²) in [5, 5.41) is 0. The molecule has 0 atom stereocenters. The summed E-state index contributed by atoms with van der Waals surface area (Å²) in [7, 11) is -3.38. The number of rotatable bonds is 5. The number of hydrogen-bond acceptors (Lipinski definition) is 3. The van der Waals surface area contributed by atoms with Gasteiger partial charge in [0, 0.05) is 10.0 Å². The van der Waals surface area contributed by atoms with Crippen LogP contribution in [0.3, 0.4) is 0 Å². The van der Waals surface area contributed by atoms with E-state index in [1.54, 1.807) is 18.2 Å². The maximum Gasteiger partial charge on any atom is 0.232 e. The second-order valence-corrected chi connectivity index (χ2v) is 7.45. The smallest absolute Gasteiger partial charge is 0.232 e. The standard InChI is InChI=1S/C11H15BrN2O2S2/c1-7(2)6-18(15,16)14-10-4-3-8(12)5-9(10)11(13)17/h3-5,7,14H,6H2,1-2H3,(H2,13,17). The molecule has 1 aromatic rings. The molecule has 0 aromatic heterocycles. The molecule has 0 bridgehead atoms. The van der Waals surface area contributed by atoms with Crippen molar-refractivity contribution in [2.45, 2.75) is 13.8 Å². The maximum atomic E-state index is 11.9. The van der Waals surface area contributed by atoms with Crippen molar-refractivity contribution in [2.24, 2.45) is 11.7 Å². The van der Waals surface area contributed by atoms with Gasteiger partial charge >= 0.3 is 0 Å². The quantitative estimate of drug-likeness (QED) is 0.800. The zero-order valence-electron chi connectivity index (χ0n) is 10.1. The third-order valence-corrected chi connectivity index (χ3v) is 4.41. The van der Waals surface area contributed by atoms with Crippen LogP contribution in [0.1, 0.15) is 19.4 Å². The Morgan fingerprint density at radius 1 is 1.50 bits per heavy atom. The molecule has 3 N–H and O–H groups in total. The number of sulfonamides is 1. The van der Waals surface area contributed by atoms with Crippen molar-refractivity contribution in [1.82, 2.24) is 0 Å². The first-order valence-electron chi connectivity index (χ1n) is 5.31. The fraction of sp³-hybridized carbons (Fsp3) is 0.364. The lowest BCUT2D eigenvalue weighted by Gasteiger charge is -2.13. The maximum absolute atomic E-state index is 11.9. The molecule has 0 unspecified atom stereocenters. The Kier molecular flexibility index (Phi) is 5.12. The fourth-order valence-electron chi connectivity index (χ4n) is 1.46. The van der Waals surface area contributed by atoms with Gasteiger partial charge in [0.15, 0.2) is 0 Å². The van der Waals surface area contributed by atoms with Crippen LogP contribution in [0.2, 0.25) is 0 Å². The summed E-state index contributed by atoms with van der Waals surface area (Å²) in [5.74, 6) is 0.103. The molecule has 0 aliphatic heterocycles. The summed E-state index contributed by atoms with van der Waals surface area (Å²) in [6.07, 6.45) is 0. The van der Waals surface area contributed by atoms with Gasteiger partial charge in [-0.25, -0.2) is 8.42 Å². The highest BCUT2D eigenvalue weighted by atomic mass is 79.9. The molecular formula is C11H15BrN2O2S2. The Morgan fingerprint density at radius 2 is 2.11 bits per heavy atom. The number of nitrogens with two attached hydrogens (primary N) is 1. The highest BCUT2D eigenvalue weighted by molar-refractivity contribution is 9.10. The fourth-order valence-corrected chi connectivity index (χ4v) is 3.46. The summed E-state index contributed by atoms with van der Waals surface area (Å²) in [6, 6.07) is 5.06. The van der Waals surface area contributed by atoms with E-state index in [2.05, 4.69) is 20.7 Å². The van der Waals surface area contributed by atoms with E-state index in [0.717, 1.165) is 4.47 Å². The number of nitrogens with one attached hydrogen (secondary N) is 1. The lowest BCUT2D eigenvalue weighted by atomic mass is 10.2. The SMILES string of the molecule is CC(C)CS(=O)(=O)Nc1ccc(Br)cc1C(N)=S. The van der Waals surface area contributed by atoms with Crippen molar-refractivity contribution >= 4 is 48.8 Å². The second-order valence-electron chi connectivity index (χ2n) is 4.33. The molecule has 18 heavy (non-hydrogen) atoms. The van der Waals surface area contributed by atoms with Crippen LogP contribution in [-0.4, -0.2) is 19.2 Å². The van der Waals surface area contributed by atoms with Crippen LogP contribution in [0.5, 0.6) is 0 Å². The summed E-state index contributed by atoms with van der Waals surface area (Å²) in [5.41, 5.74) is 6.49. The van der Waals surface area contributed by atoms with Gasteiger partial charge in [0.1, 0.15) is 4.99 Å². The minimum Gasteiger partial charge on any atom is -0.389 e. The molecule has 4 nitrogen and oxygen atoms in total. The van der Waals surface area contributed by atoms with Crippen LogP contribution < -0.4 is 10.5 Å². The molecule has 0 saturated carbocycles. The minimum absolute atomic E-state index is 0.0474. The van der Waals surface area contributed by atoms with Crippen LogP contribution in [0.15, 0.2) is 22.7 Å². The second kappa shape index (κ2) is 5.99. The Labute approximate surface area is 121 Å². The van der Waals surface area contributed by atoms with Gasteiger partial charge in [0.05, 0.1) is 11.4 Å². The lowest BCUT2D eigenvalue weighted by Crippen LogP contribution is -2.22. The normalized spacial score (nSPS) is 11.6. The first kappa shape index (κ1) is 15.4. The van der Waals surface area contributed by atoms with Gasteiger partial charge in [-0.05, 0) is 24.1 Å². The van der Waals surface area contributed by atoms with E-state index in [0.29, 0.717) is 11.3 Å². The summed E-state index contributed by atoms with van der Waals surface area (Å²) in [6.45, 7) is 3.69. The molecule has 0 saturated heterocycles. The van der Waals surface area contributed by atoms with E-state index in [1.807, 2.05) is 13.8 Å². The lowest BCUT2D eigenvalue weighted by molar-refractivity contribution is 0.587. The number of benzene rings is 1. The van der Waals surface area contributed by atoms with E-state index < -0.39 is 10.0 Å². The highest BCUT2D eigenvalue weighted by Crippen LogP contribution is 2.22. The molecule has 0 fully saturated rings. The number of anilines is 1. The van der Waals surface area contributed by atoms with E-state index in [1.165, 1.54) is 0 Å². The van der Waals surface area contributed by atoms with Crippen molar-refractivity contribution in [2.75, 3.05) is 10.5 Å². The first-order valence-corrected chi connectivity index (χ1v) is 8.16. The van der Waals surface area contributed by atoms with E-state index in [-0.39, 0.29) is 16.7 Å². The van der Waals surface area contributed by atoms with Gasteiger partial charge < -0.3 is 5.73 Å². The predicted molar refractivity (Wildman–Crippen MR) is 82.3 cm³/mol. The van der Waals surface area contributed by atoms with Gasteiger partial charge in [-0.15, -0.1) is 0 Å². The molecule has 0 aliphatic carbocycles. The van der Waals surface area contributed by atoms with E-state index in [4.69, 9.17) is 18.0 Å². The Balaban J connectivity index is 3.08. The van der Waals surface area contributed by atoms with Gasteiger partial charge in [-0.3, -0.25) is 4.72 Å². The molecule has 100 valence electrons. The number of halogens is 1. The molecular weight excluding hydrogens is 336 g/mol. The van der Waals surface area contributed by atoms with Crippen LogP contribution in [0.25, 0.3) is 0 Å². The van der Waals surface area contributed by atoms with Gasteiger partial charge in [-0.2, -0.15) is 0 Å². The topological polar surface area (TPSA) is 72.2 Å². The van der Waals surface area contributed by atoms with Gasteiger partial charge in [0.25, 0.3) is 0 Å². The average Bonchev–Trinajstić information content (AvgIpc) is 2.18. The van der Waals surface area contributed by atoms with Crippen LogP contribution in [0.4, 0.5) is 5.69 Å². The number of thiocarbonyl (C=S) groups is 1. The molecule has 0 heterocycles. The summed E-state index contributed by atoms with van der Waals surface area (Å²) in [4.78, 5) is 0.151. The van der Waals surface area contributed by atoms with Crippen LogP contribution in [-0.2, 0) is 10.0 Å². The van der Waals surface area contributed by atoms with E-state index >= 15 is 0 Å². The predicted octanol–water partition coefficient (Wildman–Crippen LogP) is 2.48. The third kappa shape index (κ3) is 4.55. The largest absolute Gasteiger partial charge is 0.389 e. The molecule has 1 aromatic carbocycles. The van der Waals surface area contributed by atoms with Crippen molar-refractivity contribution in [1.29, 1.82) is 0 Å². The van der Waals surface area contributed by atoms with Gasteiger partial charge in [0.2, 0.25) is 10.0 Å². The minimum atomic E-state index is -3.38. The Hall–Kier alpha value is -0.660. The van der Waals surface area contributed by atoms with E-state index in [9.17, 15) is 8.42 Å². The highest BCUT2D eigenvalue weighted by Gasteiger charge is 2.15. The van der Waals surface area contributed by atoms with Crippen LogP contribution >= 0.6 is 28.1 Å². The first-order chi connectivity index (χ1) is 8.21. The zero-order valence-corrected chi connectivity index (χ0v) is 13.3. The van der Waals surface area contributed by atoms with Crippen molar-refractivity contribution in [3.63, 3.8) is 0 Å². The molecule has 0 aliphatic rings. The molecule has 1 rings (SSSR count). The third-order valence-electron chi connectivity index (χ3n) is 2.07. The zero-order chi connectivity index (χ0) is 13.9. The summed E-state index contributed by atoms with van der Waals surface area (Å²) >= 11 is 8.20. The van der Waals surface area contributed by atoms with Crippen LogP contribution in [0, 0.1) is 5.92 Å². The van der Waals surface area contributed by atoms with Crippen molar-refractivity contribution in [3.05, 3.63) is 28.2 Å². The monoisotopic (exact) mass is 350 g/mol.